The van der Waals surface area contributed by atoms with E-state index in [-0.39, 0.29) is 6.54 Å². The summed E-state index contributed by atoms with van der Waals surface area (Å²) < 4.78 is 6.57. The van der Waals surface area contributed by atoms with Gasteiger partial charge in [-0.05, 0) is 37.3 Å². The number of aryl methyl sites for hydroxylation is 1. The highest BCUT2D eigenvalue weighted by molar-refractivity contribution is 6.35. The molecule has 0 saturated heterocycles. The predicted octanol–water partition coefficient (Wildman–Crippen LogP) is 2.85. The molecule has 0 aliphatic rings. The van der Waals surface area contributed by atoms with E-state index in [1.54, 1.807) is 43.3 Å². The van der Waals surface area contributed by atoms with Crippen molar-refractivity contribution in [2.24, 2.45) is 5.10 Å². The summed E-state index contributed by atoms with van der Waals surface area (Å²) >= 11 is 12.4. The summed E-state index contributed by atoms with van der Waals surface area (Å²) in [6.45, 7) is 1.84. The summed E-state index contributed by atoms with van der Waals surface area (Å²) in [7, 11) is 0. The number of nitrogens with zero attached hydrogens (tertiary/aromatic N) is 3. The summed E-state index contributed by atoms with van der Waals surface area (Å²) in [5.41, 5.74) is 3.91. The van der Waals surface area contributed by atoms with E-state index in [0.29, 0.717) is 32.9 Å². The van der Waals surface area contributed by atoms with Crippen LogP contribution in [-0.4, -0.2) is 27.8 Å². The van der Waals surface area contributed by atoms with Crippen LogP contribution in [-0.2, 0) is 16.1 Å². The largest absolute Gasteiger partial charge is 0.467 e. The average Bonchev–Trinajstić information content (AvgIpc) is 3.29. The van der Waals surface area contributed by atoms with E-state index >= 15 is 0 Å². The van der Waals surface area contributed by atoms with E-state index in [4.69, 9.17) is 27.6 Å². The third-order valence-corrected chi connectivity index (χ3v) is 4.27. The van der Waals surface area contributed by atoms with Crippen LogP contribution in [0.15, 0.2) is 52.2 Å². The van der Waals surface area contributed by atoms with Gasteiger partial charge in [0.1, 0.15) is 10.9 Å². The van der Waals surface area contributed by atoms with Crippen molar-refractivity contribution in [2.75, 3.05) is 0 Å². The van der Waals surface area contributed by atoms with Crippen LogP contribution < -0.4 is 10.7 Å². The van der Waals surface area contributed by atoms with Crippen LogP contribution in [0, 0.1) is 6.92 Å². The second kappa shape index (κ2) is 8.73. The Morgan fingerprint density at radius 3 is 2.79 bits per heavy atom. The molecule has 0 fully saturated rings. The molecule has 0 bridgehead atoms. The SMILES string of the molecule is Cc1nn(-c2cccc(Cl)c2)c(Cl)c1C=NNC(=O)C(=O)NCc1ccco1. The third kappa shape index (κ3) is 4.59. The maximum atomic E-state index is 11.8. The lowest BCUT2D eigenvalue weighted by Gasteiger charge is -2.03. The van der Waals surface area contributed by atoms with Crippen molar-refractivity contribution in [2.45, 2.75) is 13.5 Å². The van der Waals surface area contributed by atoms with Gasteiger partial charge in [0.15, 0.2) is 0 Å². The molecular weight excluding hydrogens is 405 g/mol. The number of halogens is 2. The van der Waals surface area contributed by atoms with Gasteiger partial charge in [0.2, 0.25) is 0 Å². The molecule has 10 heteroatoms. The van der Waals surface area contributed by atoms with Gasteiger partial charge in [-0.1, -0.05) is 29.3 Å². The van der Waals surface area contributed by atoms with Crippen LogP contribution in [0.3, 0.4) is 0 Å². The van der Waals surface area contributed by atoms with Gasteiger partial charge in [0.25, 0.3) is 0 Å². The van der Waals surface area contributed by atoms with Crippen molar-refractivity contribution in [3.63, 3.8) is 0 Å². The Morgan fingerprint density at radius 1 is 1.25 bits per heavy atom. The minimum atomic E-state index is -0.918. The summed E-state index contributed by atoms with van der Waals surface area (Å²) in [6, 6.07) is 10.4. The number of carbonyl (C=O) groups is 2. The van der Waals surface area contributed by atoms with Gasteiger partial charge in [0, 0.05) is 5.02 Å². The molecule has 2 N–H and O–H groups in total. The summed E-state index contributed by atoms with van der Waals surface area (Å²) in [6.07, 6.45) is 2.80. The molecule has 3 rings (SSSR count). The van der Waals surface area contributed by atoms with E-state index < -0.39 is 11.8 Å². The van der Waals surface area contributed by atoms with Gasteiger partial charge >= 0.3 is 11.8 Å². The van der Waals surface area contributed by atoms with Gasteiger partial charge in [-0.15, -0.1) is 0 Å². The van der Waals surface area contributed by atoms with Crippen LogP contribution in [0.1, 0.15) is 17.0 Å². The molecule has 0 unspecified atom stereocenters. The van der Waals surface area contributed by atoms with E-state index in [2.05, 4.69) is 20.9 Å². The molecule has 8 nitrogen and oxygen atoms in total. The highest BCUT2D eigenvalue weighted by Crippen LogP contribution is 2.23. The minimum Gasteiger partial charge on any atom is -0.467 e. The Labute approximate surface area is 170 Å². The lowest BCUT2D eigenvalue weighted by atomic mass is 10.3. The molecule has 0 aliphatic heterocycles. The van der Waals surface area contributed by atoms with Crippen molar-refractivity contribution in [1.82, 2.24) is 20.5 Å². The zero-order chi connectivity index (χ0) is 20.1. The molecule has 3 aromatic rings. The van der Waals surface area contributed by atoms with Gasteiger partial charge in [-0.2, -0.15) is 10.2 Å². The first kappa shape index (κ1) is 19.7. The zero-order valence-corrected chi connectivity index (χ0v) is 16.2. The number of furan rings is 1. The van der Waals surface area contributed by atoms with Crippen molar-refractivity contribution in [1.29, 1.82) is 0 Å². The molecule has 0 spiro atoms. The fourth-order valence-electron chi connectivity index (χ4n) is 2.30. The molecule has 144 valence electrons. The molecule has 2 amide bonds. The zero-order valence-electron chi connectivity index (χ0n) is 14.6. The monoisotopic (exact) mass is 419 g/mol. The smallest absolute Gasteiger partial charge is 0.329 e. The first-order chi connectivity index (χ1) is 13.5. The van der Waals surface area contributed by atoms with Crippen LogP contribution in [0.4, 0.5) is 0 Å². The van der Waals surface area contributed by atoms with Crippen LogP contribution in [0.25, 0.3) is 5.69 Å². The van der Waals surface area contributed by atoms with E-state index in [1.165, 1.54) is 17.2 Å². The van der Waals surface area contributed by atoms with Crippen LogP contribution in [0.5, 0.6) is 0 Å². The molecule has 0 aliphatic carbocycles. The fourth-order valence-corrected chi connectivity index (χ4v) is 2.81. The average molecular weight is 420 g/mol. The molecule has 1 aromatic carbocycles. The number of carbonyl (C=O) groups excluding carboxylic acids is 2. The number of hydrazone groups is 1. The summed E-state index contributed by atoms with van der Waals surface area (Å²) in [5, 5.41) is 11.4. The molecule has 28 heavy (non-hydrogen) atoms. The van der Waals surface area contributed by atoms with Gasteiger partial charge < -0.3 is 9.73 Å². The Kier molecular flexibility index (Phi) is 6.13. The third-order valence-electron chi connectivity index (χ3n) is 3.67. The van der Waals surface area contributed by atoms with Crippen LogP contribution in [0.2, 0.25) is 10.2 Å². The standard InChI is InChI=1S/C18H15Cl2N5O3/c1-11-15(16(20)25(24-11)13-5-2-4-12(19)8-13)10-22-23-18(27)17(26)21-9-14-6-3-7-28-14/h2-8,10H,9H2,1H3,(H,21,26)(H,23,27). The minimum absolute atomic E-state index is 0.0975. The number of benzene rings is 1. The highest BCUT2D eigenvalue weighted by atomic mass is 35.5. The molecule has 0 saturated carbocycles. The Hall–Kier alpha value is -3.10. The highest BCUT2D eigenvalue weighted by Gasteiger charge is 2.15. The quantitative estimate of drug-likeness (QED) is 0.377. The van der Waals surface area contributed by atoms with Crippen molar-refractivity contribution < 1.29 is 14.0 Å². The summed E-state index contributed by atoms with van der Waals surface area (Å²) in [4.78, 5) is 23.5. The molecular formula is C18H15Cl2N5O3. The second-order valence-electron chi connectivity index (χ2n) is 5.64. The second-order valence-corrected chi connectivity index (χ2v) is 6.44. The normalized spacial score (nSPS) is 11.0. The first-order valence-corrected chi connectivity index (χ1v) is 8.86. The molecule has 0 atom stereocenters. The molecule has 2 aromatic heterocycles. The molecule has 2 heterocycles. The topological polar surface area (TPSA) is 102 Å². The Balaban J connectivity index is 1.64. The molecule has 0 radical (unpaired) electrons. The van der Waals surface area contributed by atoms with E-state index in [1.807, 2.05) is 0 Å². The van der Waals surface area contributed by atoms with Gasteiger partial charge in [-0.3, -0.25) is 9.59 Å². The van der Waals surface area contributed by atoms with Crippen LogP contribution >= 0.6 is 23.2 Å². The maximum Gasteiger partial charge on any atom is 0.329 e. The predicted molar refractivity (Wildman–Crippen MR) is 105 cm³/mol. The Morgan fingerprint density at radius 2 is 2.07 bits per heavy atom. The fraction of sp³-hybridized carbons (Fsp3) is 0.111. The van der Waals surface area contributed by atoms with Gasteiger partial charge in [-0.25, -0.2) is 10.1 Å². The number of nitrogens with one attached hydrogen (secondary N) is 2. The maximum absolute atomic E-state index is 11.8. The van der Waals surface area contributed by atoms with Crippen molar-refractivity contribution in [3.8, 4) is 5.69 Å². The lowest BCUT2D eigenvalue weighted by molar-refractivity contribution is -0.139. The van der Waals surface area contributed by atoms with E-state index in [0.717, 1.165) is 0 Å². The number of aromatic nitrogens is 2. The van der Waals surface area contributed by atoms with Crippen molar-refractivity contribution in [3.05, 3.63) is 69.9 Å². The van der Waals surface area contributed by atoms with Gasteiger partial charge in [0.05, 0.1) is 36.0 Å². The summed E-state index contributed by atoms with van der Waals surface area (Å²) in [5.74, 6) is -1.23. The van der Waals surface area contributed by atoms with Crippen molar-refractivity contribution >= 4 is 41.2 Å². The van der Waals surface area contributed by atoms with E-state index in [9.17, 15) is 9.59 Å². The lowest BCUT2D eigenvalue weighted by Crippen LogP contribution is -2.37. The number of rotatable bonds is 5. The number of hydrogen-bond donors (Lipinski definition) is 2. The number of amides is 2. The Bertz CT molecular complexity index is 1030. The number of hydrogen-bond acceptors (Lipinski definition) is 5. The first-order valence-electron chi connectivity index (χ1n) is 8.10.